The SMILES string of the molecule is COc1ccc(C(=O)Nc2ncnc3c2ncn3[C@@H]2O[C@@H]3COP(=S)(Oc4ccccc4Cl)OC3C2O)cc1. The Morgan fingerprint density at radius 3 is 2.77 bits per heavy atom. The number of rotatable bonds is 6. The topological polar surface area (TPSA) is 139 Å². The van der Waals surface area contributed by atoms with E-state index in [0.29, 0.717) is 33.2 Å². The molecule has 2 saturated heterocycles. The zero-order chi connectivity index (χ0) is 27.1. The second-order valence-corrected chi connectivity index (χ2v) is 11.9. The Hall–Kier alpha value is -3.16. The lowest BCUT2D eigenvalue weighted by atomic mass is 10.1. The highest BCUT2D eigenvalue weighted by Crippen LogP contribution is 2.57. The fourth-order valence-corrected chi connectivity index (χ4v) is 6.69. The summed E-state index contributed by atoms with van der Waals surface area (Å²) in [5.41, 5.74) is 1.06. The van der Waals surface area contributed by atoms with Crippen molar-refractivity contribution in [2.45, 2.75) is 24.5 Å². The van der Waals surface area contributed by atoms with Crippen LogP contribution < -0.4 is 14.6 Å². The van der Waals surface area contributed by atoms with E-state index in [4.69, 9.17) is 46.5 Å². The Morgan fingerprint density at radius 2 is 2.00 bits per heavy atom. The molecule has 4 aromatic rings. The zero-order valence-corrected chi connectivity index (χ0v) is 22.7. The van der Waals surface area contributed by atoms with E-state index in [1.54, 1.807) is 60.2 Å². The number of benzene rings is 2. The number of nitrogens with one attached hydrogen (secondary N) is 1. The Balaban J connectivity index is 1.21. The van der Waals surface area contributed by atoms with Gasteiger partial charge in [-0.2, -0.15) is 0 Å². The summed E-state index contributed by atoms with van der Waals surface area (Å²) in [6.07, 6.45) is -0.786. The number of carbonyl (C=O) groups excluding carboxylic acids is 1. The quantitative estimate of drug-likeness (QED) is 0.318. The van der Waals surface area contributed by atoms with Crippen molar-refractivity contribution in [1.82, 2.24) is 19.5 Å². The molecule has 2 aliphatic rings. The summed E-state index contributed by atoms with van der Waals surface area (Å²) in [6.45, 7) is -3.23. The van der Waals surface area contributed by atoms with Gasteiger partial charge in [0.1, 0.15) is 36.1 Å². The molecule has 1 amide bonds. The average Bonchev–Trinajstić information content (AvgIpc) is 3.51. The minimum atomic E-state index is -3.28. The van der Waals surface area contributed by atoms with E-state index in [-0.39, 0.29) is 18.3 Å². The van der Waals surface area contributed by atoms with Crippen LogP contribution in [0.3, 0.4) is 0 Å². The molecule has 0 saturated carbocycles. The number of para-hydroxylation sites is 1. The number of halogens is 1. The summed E-state index contributed by atoms with van der Waals surface area (Å²) in [7, 11) is 1.55. The highest BCUT2D eigenvalue weighted by molar-refractivity contribution is 8.07. The summed E-state index contributed by atoms with van der Waals surface area (Å²) >= 11 is 11.7. The van der Waals surface area contributed by atoms with Gasteiger partial charge in [0, 0.05) is 17.4 Å². The van der Waals surface area contributed by atoms with Crippen LogP contribution in [-0.4, -0.2) is 62.6 Å². The Kier molecular flexibility index (Phi) is 6.98. The largest absolute Gasteiger partial charge is 0.497 e. The molecule has 39 heavy (non-hydrogen) atoms. The third-order valence-corrected chi connectivity index (χ3v) is 8.72. The molecule has 0 aliphatic carbocycles. The van der Waals surface area contributed by atoms with Crippen molar-refractivity contribution in [3.8, 4) is 11.5 Å². The number of nitrogens with zero attached hydrogens (tertiary/aromatic N) is 4. The number of hydrogen-bond donors (Lipinski definition) is 2. The average molecular weight is 590 g/mol. The van der Waals surface area contributed by atoms with Gasteiger partial charge in [-0.05, 0) is 36.4 Å². The molecule has 202 valence electrons. The van der Waals surface area contributed by atoms with Gasteiger partial charge in [0.2, 0.25) is 0 Å². The molecular weight excluding hydrogens is 569 g/mol. The molecule has 0 radical (unpaired) electrons. The maximum absolute atomic E-state index is 12.8. The van der Waals surface area contributed by atoms with E-state index < -0.39 is 31.3 Å². The summed E-state index contributed by atoms with van der Waals surface area (Å²) in [4.78, 5) is 25.6. The second kappa shape index (κ2) is 10.4. The minimum absolute atomic E-state index is 0.0464. The van der Waals surface area contributed by atoms with Crippen LogP contribution in [0.15, 0.2) is 61.2 Å². The van der Waals surface area contributed by atoms with Gasteiger partial charge in [-0.3, -0.25) is 18.4 Å². The minimum Gasteiger partial charge on any atom is -0.497 e. The van der Waals surface area contributed by atoms with E-state index in [0.717, 1.165) is 0 Å². The molecule has 2 N–H and O–H groups in total. The lowest BCUT2D eigenvalue weighted by Gasteiger charge is -2.33. The van der Waals surface area contributed by atoms with Gasteiger partial charge in [-0.1, -0.05) is 23.7 Å². The predicted molar refractivity (Wildman–Crippen MR) is 143 cm³/mol. The maximum Gasteiger partial charge on any atom is 0.381 e. The summed E-state index contributed by atoms with van der Waals surface area (Å²) in [6, 6.07) is 13.5. The lowest BCUT2D eigenvalue weighted by molar-refractivity contribution is -0.0585. The first-order valence-electron chi connectivity index (χ1n) is 11.7. The van der Waals surface area contributed by atoms with E-state index in [1.165, 1.54) is 12.7 Å². The van der Waals surface area contributed by atoms with Crippen LogP contribution in [0.5, 0.6) is 11.5 Å². The van der Waals surface area contributed by atoms with Crippen molar-refractivity contribution >= 4 is 53.0 Å². The van der Waals surface area contributed by atoms with Crippen LogP contribution in [0.2, 0.25) is 5.02 Å². The number of ether oxygens (including phenoxy) is 2. The summed E-state index contributed by atoms with van der Waals surface area (Å²) < 4.78 is 30.3. The predicted octanol–water partition coefficient (Wildman–Crippen LogP) is 3.72. The van der Waals surface area contributed by atoms with E-state index in [2.05, 4.69) is 20.3 Å². The third kappa shape index (κ3) is 4.98. The normalized spacial score (nSPS) is 26.2. The van der Waals surface area contributed by atoms with Crippen molar-refractivity contribution in [3.05, 3.63) is 71.8 Å². The monoisotopic (exact) mass is 589 g/mol. The molecule has 0 spiro atoms. The third-order valence-electron chi connectivity index (χ3n) is 6.22. The first kappa shape index (κ1) is 26.1. The van der Waals surface area contributed by atoms with Crippen molar-refractivity contribution < 1.29 is 32.9 Å². The zero-order valence-electron chi connectivity index (χ0n) is 20.2. The molecule has 2 aromatic heterocycles. The first-order valence-corrected chi connectivity index (χ1v) is 14.6. The van der Waals surface area contributed by atoms with Crippen LogP contribution in [0.25, 0.3) is 11.2 Å². The molecule has 2 aromatic carbocycles. The van der Waals surface area contributed by atoms with Gasteiger partial charge in [-0.25, -0.2) is 15.0 Å². The number of aliphatic hydroxyl groups is 1. The molecule has 0 bridgehead atoms. The lowest BCUT2D eigenvalue weighted by Crippen LogP contribution is -2.39. The summed E-state index contributed by atoms with van der Waals surface area (Å²) in [5.74, 6) is 0.774. The molecular formula is C24H21ClN5O7PS. The van der Waals surface area contributed by atoms with Gasteiger partial charge in [-0.15, -0.1) is 0 Å². The number of hydrogen-bond acceptors (Lipinski definition) is 11. The number of aromatic nitrogens is 4. The smallest absolute Gasteiger partial charge is 0.381 e. The van der Waals surface area contributed by atoms with Gasteiger partial charge in [0.25, 0.3) is 5.91 Å². The van der Waals surface area contributed by atoms with Gasteiger partial charge in [0.15, 0.2) is 23.2 Å². The maximum atomic E-state index is 12.8. The highest BCUT2D eigenvalue weighted by atomic mass is 35.5. The molecule has 12 nitrogen and oxygen atoms in total. The van der Waals surface area contributed by atoms with Crippen LogP contribution in [0.4, 0.5) is 5.82 Å². The number of fused-ring (bicyclic) bond motifs is 2. The summed E-state index contributed by atoms with van der Waals surface area (Å²) in [5, 5.41) is 14.3. The van der Waals surface area contributed by atoms with Crippen LogP contribution in [0, 0.1) is 0 Å². The number of anilines is 1. The van der Waals surface area contributed by atoms with Crippen molar-refractivity contribution in [1.29, 1.82) is 0 Å². The number of aliphatic hydroxyl groups excluding tert-OH is 1. The fraction of sp³-hybridized carbons (Fsp3) is 0.250. The molecule has 6 rings (SSSR count). The molecule has 5 atom stereocenters. The van der Waals surface area contributed by atoms with Gasteiger partial charge >= 0.3 is 6.72 Å². The van der Waals surface area contributed by atoms with Crippen molar-refractivity contribution in [2.75, 3.05) is 19.0 Å². The van der Waals surface area contributed by atoms with E-state index >= 15 is 0 Å². The second-order valence-electron chi connectivity index (χ2n) is 8.62. The van der Waals surface area contributed by atoms with Crippen molar-refractivity contribution in [3.63, 3.8) is 0 Å². The standard InChI is InChI=1S/C24H21ClN5O7PS/c1-33-14-8-6-13(7-9-14)23(32)29-21-18-22(27-11-26-21)30(12-28-18)24-19(31)20-17(35-24)10-34-38(39,37-20)36-16-5-3-2-4-15(16)25/h2-9,11-12,17,19-20,24,31H,10H2,1H3,(H,26,27,29,32)/t17-,19?,20?,24-,38?/m1/s1. The Morgan fingerprint density at radius 1 is 1.21 bits per heavy atom. The Labute approximate surface area is 232 Å². The number of imidazole rings is 1. The van der Waals surface area contributed by atoms with Gasteiger partial charge in [0.05, 0.1) is 25.1 Å². The molecule has 15 heteroatoms. The van der Waals surface area contributed by atoms with Crippen molar-refractivity contribution in [2.24, 2.45) is 0 Å². The fourth-order valence-electron chi connectivity index (χ4n) is 4.30. The number of methoxy groups -OCH3 is 1. The molecule has 3 unspecified atom stereocenters. The van der Waals surface area contributed by atoms with Crippen LogP contribution in [-0.2, 0) is 25.6 Å². The number of carbonyl (C=O) groups is 1. The van der Waals surface area contributed by atoms with E-state index in [9.17, 15) is 9.90 Å². The van der Waals surface area contributed by atoms with Crippen LogP contribution in [0.1, 0.15) is 16.6 Å². The molecule has 2 fully saturated rings. The highest BCUT2D eigenvalue weighted by Gasteiger charge is 2.52. The molecule has 4 heterocycles. The first-order chi connectivity index (χ1) is 18.8. The van der Waals surface area contributed by atoms with Gasteiger partial charge < -0.3 is 24.4 Å². The van der Waals surface area contributed by atoms with Crippen LogP contribution >= 0.6 is 18.3 Å². The molecule has 2 aliphatic heterocycles. The Bertz CT molecular complexity index is 1590. The van der Waals surface area contributed by atoms with E-state index in [1.807, 2.05) is 0 Å². The number of amides is 1.